The van der Waals surface area contributed by atoms with Crippen molar-refractivity contribution in [3.05, 3.63) is 35.4 Å². The molecule has 1 heterocycles. The average molecular weight is 235 g/mol. The van der Waals surface area contributed by atoms with E-state index in [9.17, 15) is 0 Å². The molecule has 1 atom stereocenters. The van der Waals surface area contributed by atoms with Gasteiger partial charge in [0.05, 0.1) is 13.2 Å². The maximum absolute atomic E-state index is 6.18. The van der Waals surface area contributed by atoms with E-state index in [0.717, 1.165) is 19.3 Å². The highest BCUT2D eigenvalue weighted by Crippen LogP contribution is 2.21. The summed E-state index contributed by atoms with van der Waals surface area (Å²) in [7, 11) is 0. The summed E-state index contributed by atoms with van der Waals surface area (Å²) < 4.78 is 10.8. The fourth-order valence-electron chi connectivity index (χ4n) is 2.15. The third-order valence-corrected chi connectivity index (χ3v) is 3.06. The predicted molar refractivity (Wildman–Crippen MR) is 67.7 cm³/mol. The molecule has 1 aromatic rings. The molecule has 1 unspecified atom stereocenters. The molecule has 17 heavy (non-hydrogen) atoms. The minimum Gasteiger partial charge on any atom is -0.350 e. The van der Waals surface area contributed by atoms with Crippen LogP contribution >= 0.6 is 0 Å². The van der Waals surface area contributed by atoms with Crippen LogP contribution in [0.5, 0.6) is 0 Å². The van der Waals surface area contributed by atoms with Crippen LogP contribution in [0, 0.1) is 0 Å². The monoisotopic (exact) mass is 235 g/mol. The molecule has 0 radical (unpaired) electrons. The van der Waals surface area contributed by atoms with Crippen LogP contribution in [-0.2, 0) is 15.9 Å². The van der Waals surface area contributed by atoms with E-state index in [2.05, 4.69) is 31.2 Å². The summed E-state index contributed by atoms with van der Waals surface area (Å²) >= 11 is 0. The molecule has 1 aliphatic heterocycles. The first-order chi connectivity index (χ1) is 8.29. The minimum atomic E-state index is -0.125. The molecule has 94 valence electrons. The summed E-state index contributed by atoms with van der Waals surface area (Å²) in [5.74, 6) is 0. The normalized spacial score (nSPS) is 18.5. The molecule has 3 nitrogen and oxygen atoms in total. The lowest BCUT2D eigenvalue weighted by atomic mass is 10.00. The molecular formula is C14H21NO2. The molecule has 0 aromatic heterocycles. The van der Waals surface area contributed by atoms with Gasteiger partial charge in [-0.2, -0.15) is 0 Å². The Balaban J connectivity index is 1.97. The van der Waals surface area contributed by atoms with Crippen molar-refractivity contribution in [1.82, 2.24) is 0 Å². The second-order valence-corrected chi connectivity index (χ2v) is 4.51. The maximum Gasteiger partial charge on any atom is 0.159 e. The zero-order chi connectivity index (χ0) is 12.1. The molecule has 1 saturated heterocycles. The van der Waals surface area contributed by atoms with Gasteiger partial charge in [0.2, 0.25) is 0 Å². The Morgan fingerprint density at radius 2 is 2.12 bits per heavy atom. The Labute approximate surface area is 103 Å². The average Bonchev–Trinajstić information content (AvgIpc) is 2.83. The summed E-state index contributed by atoms with van der Waals surface area (Å²) in [5.41, 5.74) is 8.71. The van der Waals surface area contributed by atoms with Crippen molar-refractivity contribution in [2.24, 2.45) is 5.73 Å². The van der Waals surface area contributed by atoms with Crippen LogP contribution in [0.2, 0.25) is 0 Å². The van der Waals surface area contributed by atoms with E-state index < -0.39 is 0 Å². The van der Waals surface area contributed by atoms with Gasteiger partial charge >= 0.3 is 0 Å². The molecule has 0 aliphatic carbocycles. The van der Waals surface area contributed by atoms with Crippen LogP contribution in [0.3, 0.4) is 0 Å². The van der Waals surface area contributed by atoms with E-state index in [1.807, 2.05) is 0 Å². The van der Waals surface area contributed by atoms with Gasteiger partial charge in [0, 0.05) is 12.5 Å². The standard InChI is InChI=1S/C14H21NO2/c1-2-4-11-5-3-6-12(9-11)13(15)10-14-16-7-8-17-14/h3,5-6,9,13-14H,2,4,7-8,10,15H2,1H3. The molecule has 0 bridgehead atoms. The van der Waals surface area contributed by atoms with E-state index >= 15 is 0 Å². The van der Waals surface area contributed by atoms with Crippen LogP contribution in [0.25, 0.3) is 0 Å². The van der Waals surface area contributed by atoms with Crippen molar-refractivity contribution in [1.29, 1.82) is 0 Å². The Morgan fingerprint density at radius 1 is 1.35 bits per heavy atom. The van der Waals surface area contributed by atoms with Crippen molar-refractivity contribution in [2.45, 2.75) is 38.5 Å². The Kier molecular flexibility index (Phi) is 4.54. The number of rotatable bonds is 5. The number of ether oxygens (including phenoxy) is 2. The first-order valence-corrected chi connectivity index (χ1v) is 6.37. The zero-order valence-corrected chi connectivity index (χ0v) is 10.4. The lowest BCUT2D eigenvalue weighted by molar-refractivity contribution is -0.0507. The molecule has 0 spiro atoms. The van der Waals surface area contributed by atoms with Gasteiger partial charge in [-0.15, -0.1) is 0 Å². The molecule has 0 amide bonds. The summed E-state index contributed by atoms with van der Waals surface area (Å²) in [6, 6.07) is 8.51. The highest BCUT2D eigenvalue weighted by Gasteiger charge is 2.20. The van der Waals surface area contributed by atoms with Crippen molar-refractivity contribution in [2.75, 3.05) is 13.2 Å². The lowest BCUT2D eigenvalue weighted by Crippen LogP contribution is -2.19. The van der Waals surface area contributed by atoms with E-state index in [-0.39, 0.29) is 12.3 Å². The van der Waals surface area contributed by atoms with Gasteiger partial charge in [-0.3, -0.25) is 0 Å². The topological polar surface area (TPSA) is 44.5 Å². The summed E-state index contributed by atoms with van der Waals surface area (Å²) in [4.78, 5) is 0. The van der Waals surface area contributed by atoms with Gasteiger partial charge in [0.15, 0.2) is 6.29 Å². The van der Waals surface area contributed by atoms with Gasteiger partial charge < -0.3 is 15.2 Å². The number of aryl methyl sites for hydroxylation is 1. The quantitative estimate of drug-likeness (QED) is 0.852. The summed E-state index contributed by atoms with van der Waals surface area (Å²) in [6.07, 6.45) is 2.87. The van der Waals surface area contributed by atoms with Crippen LogP contribution in [0.1, 0.15) is 36.9 Å². The van der Waals surface area contributed by atoms with Gasteiger partial charge in [-0.1, -0.05) is 37.6 Å². The Bertz CT molecular complexity index is 348. The van der Waals surface area contributed by atoms with Gasteiger partial charge in [0.25, 0.3) is 0 Å². The Hall–Kier alpha value is -0.900. The second kappa shape index (κ2) is 6.15. The zero-order valence-electron chi connectivity index (χ0n) is 10.4. The number of hydrogen-bond acceptors (Lipinski definition) is 3. The van der Waals surface area contributed by atoms with Crippen LogP contribution in [0.15, 0.2) is 24.3 Å². The second-order valence-electron chi connectivity index (χ2n) is 4.51. The molecule has 1 aliphatic rings. The first kappa shape index (κ1) is 12.6. The van der Waals surface area contributed by atoms with Gasteiger partial charge in [-0.05, 0) is 17.5 Å². The molecular weight excluding hydrogens is 214 g/mol. The van der Waals surface area contributed by atoms with Gasteiger partial charge in [0.1, 0.15) is 0 Å². The van der Waals surface area contributed by atoms with E-state index in [4.69, 9.17) is 15.2 Å². The first-order valence-electron chi connectivity index (χ1n) is 6.37. The summed E-state index contributed by atoms with van der Waals surface area (Å²) in [6.45, 7) is 3.56. The fraction of sp³-hybridized carbons (Fsp3) is 0.571. The van der Waals surface area contributed by atoms with Crippen LogP contribution < -0.4 is 5.73 Å². The Morgan fingerprint density at radius 3 is 2.82 bits per heavy atom. The number of hydrogen-bond donors (Lipinski definition) is 1. The van der Waals surface area contributed by atoms with Crippen molar-refractivity contribution in [3.63, 3.8) is 0 Å². The smallest absolute Gasteiger partial charge is 0.159 e. The third-order valence-electron chi connectivity index (χ3n) is 3.06. The van der Waals surface area contributed by atoms with E-state index in [1.165, 1.54) is 11.1 Å². The molecule has 1 fully saturated rings. The number of benzene rings is 1. The maximum atomic E-state index is 6.18. The van der Waals surface area contributed by atoms with Crippen LogP contribution in [-0.4, -0.2) is 19.5 Å². The molecule has 0 saturated carbocycles. The predicted octanol–water partition coefficient (Wildman–Crippen LogP) is 2.40. The van der Waals surface area contributed by atoms with Gasteiger partial charge in [-0.25, -0.2) is 0 Å². The molecule has 3 heteroatoms. The molecule has 2 rings (SSSR count). The fourth-order valence-corrected chi connectivity index (χ4v) is 2.15. The number of nitrogens with two attached hydrogens (primary N) is 1. The molecule has 2 N–H and O–H groups in total. The minimum absolute atomic E-state index is 0.00472. The van der Waals surface area contributed by atoms with E-state index in [1.54, 1.807) is 0 Å². The van der Waals surface area contributed by atoms with Crippen LogP contribution in [0.4, 0.5) is 0 Å². The SMILES string of the molecule is CCCc1cccc(C(N)CC2OCCO2)c1. The highest BCUT2D eigenvalue weighted by atomic mass is 16.7. The lowest BCUT2D eigenvalue weighted by Gasteiger charge is -2.16. The van der Waals surface area contributed by atoms with Crippen molar-refractivity contribution < 1.29 is 9.47 Å². The summed E-state index contributed by atoms with van der Waals surface area (Å²) in [5, 5.41) is 0. The van der Waals surface area contributed by atoms with Crippen molar-refractivity contribution in [3.8, 4) is 0 Å². The van der Waals surface area contributed by atoms with Crippen molar-refractivity contribution >= 4 is 0 Å². The molecule has 1 aromatic carbocycles. The van der Waals surface area contributed by atoms with E-state index in [0.29, 0.717) is 13.2 Å². The third kappa shape index (κ3) is 3.53. The largest absolute Gasteiger partial charge is 0.350 e. The highest BCUT2D eigenvalue weighted by molar-refractivity contribution is 5.26.